The maximum Gasteiger partial charge on any atom is 0.239 e. The van der Waals surface area contributed by atoms with Crippen molar-refractivity contribution in [1.29, 1.82) is 0 Å². The molecular weight excluding hydrogens is 260 g/mol. The summed E-state index contributed by atoms with van der Waals surface area (Å²) in [5, 5.41) is 12.1. The second kappa shape index (κ2) is 8.07. The second-order valence-corrected chi connectivity index (χ2v) is 5.58. The molecule has 19 heavy (non-hydrogen) atoms. The minimum atomic E-state index is -0.0447. The highest BCUT2D eigenvalue weighted by atomic mass is 32.2. The van der Waals surface area contributed by atoms with Gasteiger partial charge in [-0.1, -0.05) is 18.2 Å². The molecule has 2 atom stereocenters. The summed E-state index contributed by atoms with van der Waals surface area (Å²) in [6, 6.07) is 9.73. The van der Waals surface area contributed by atoms with Crippen molar-refractivity contribution in [2.75, 3.05) is 31.4 Å². The molecule has 2 N–H and O–H groups in total. The number of amides is 1. The summed E-state index contributed by atoms with van der Waals surface area (Å²) in [6.45, 7) is 2.29. The molecule has 4 nitrogen and oxygen atoms in total. The van der Waals surface area contributed by atoms with Crippen LogP contribution in [0, 0.1) is 0 Å². The van der Waals surface area contributed by atoms with Crippen molar-refractivity contribution >= 4 is 23.4 Å². The molecule has 0 radical (unpaired) electrons. The van der Waals surface area contributed by atoms with Gasteiger partial charge in [0.25, 0.3) is 0 Å². The zero-order valence-electron chi connectivity index (χ0n) is 11.7. The predicted molar refractivity (Wildman–Crippen MR) is 81.7 cm³/mol. The summed E-state index contributed by atoms with van der Waals surface area (Å²) in [5.74, 6) is -0.0358. The SMILES string of the molecule is CSC(CO)C(C)NC(=O)CN(C)c1ccccc1. The first-order chi connectivity index (χ1) is 9.08. The number of thioether (sulfide) groups is 1. The van der Waals surface area contributed by atoms with Crippen LogP contribution in [-0.4, -0.2) is 48.8 Å². The summed E-state index contributed by atoms with van der Waals surface area (Å²) >= 11 is 1.56. The third-order valence-electron chi connectivity index (χ3n) is 3.01. The maximum absolute atomic E-state index is 11.9. The lowest BCUT2D eigenvalue weighted by Gasteiger charge is -2.24. The fraction of sp³-hybridized carbons (Fsp3) is 0.500. The Hall–Kier alpha value is -1.20. The van der Waals surface area contributed by atoms with E-state index in [-0.39, 0.29) is 23.8 Å². The molecule has 1 aromatic carbocycles. The van der Waals surface area contributed by atoms with Crippen LogP contribution in [0.1, 0.15) is 6.92 Å². The lowest BCUT2D eigenvalue weighted by Crippen LogP contribution is -2.45. The lowest BCUT2D eigenvalue weighted by molar-refractivity contribution is -0.120. The standard InChI is InChI=1S/C14H22N2O2S/c1-11(13(10-17)19-3)15-14(18)9-16(2)12-7-5-4-6-8-12/h4-8,11,13,17H,9-10H2,1-3H3,(H,15,18). The maximum atomic E-state index is 11.9. The Morgan fingerprint density at radius 2 is 2.05 bits per heavy atom. The summed E-state index contributed by atoms with van der Waals surface area (Å²) < 4.78 is 0. The zero-order chi connectivity index (χ0) is 14.3. The van der Waals surface area contributed by atoms with Crippen LogP contribution in [-0.2, 0) is 4.79 Å². The number of anilines is 1. The quantitative estimate of drug-likeness (QED) is 0.793. The third kappa shape index (κ3) is 5.12. The van der Waals surface area contributed by atoms with E-state index in [4.69, 9.17) is 0 Å². The van der Waals surface area contributed by atoms with E-state index in [1.54, 1.807) is 11.8 Å². The lowest BCUT2D eigenvalue weighted by atomic mass is 10.2. The van der Waals surface area contributed by atoms with Crippen molar-refractivity contribution in [3.05, 3.63) is 30.3 Å². The molecule has 0 spiro atoms. The number of para-hydroxylation sites is 1. The van der Waals surface area contributed by atoms with E-state index in [2.05, 4.69) is 5.32 Å². The van der Waals surface area contributed by atoms with Gasteiger partial charge in [0.2, 0.25) is 5.91 Å². The number of nitrogens with one attached hydrogen (secondary N) is 1. The molecule has 1 rings (SSSR count). The van der Waals surface area contributed by atoms with Crippen LogP contribution in [0.5, 0.6) is 0 Å². The van der Waals surface area contributed by atoms with Gasteiger partial charge in [0.1, 0.15) is 0 Å². The first kappa shape index (κ1) is 15.9. The Balaban J connectivity index is 2.47. The van der Waals surface area contributed by atoms with Gasteiger partial charge in [0.05, 0.1) is 13.2 Å². The highest BCUT2D eigenvalue weighted by Crippen LogP contribution is 2.12. The van der Waals surface area contributed by atoms with Crippen molar-refractivity contribution in [2.45, 2.75) is 18.2 Å². The van der Waals surface area contributed by atoms with Gasteiger partial charge in [0.15, 0.2) is 0 Å². The highest BCUT2D eigenvalue weighted by Gasteiger charge is 2.18. The minimum absolute atomic E-state index is 0.0333. The number of rotatable bonds is 7. The Morgan fingerprint density at radius 1 is 1.42 bits per heavy atom. The van der Waals surface area contributed by atoms with Crippen LogP contribution < -0.4 is 10.2 Å². The fourth-order valence-electron chi connectivity index (χ4n) is 1.82. The van der Waals surface area contributed by atoms with Crippen molar-refractivity contribution in [3.8, 4) is 0 Å². The molecule has 0 fully saturated rings. The van der Waals surface area contributed by atoms with Crippen LogP contribution >= 0.6 is 11.8 Å². The van der Waals surface area contributed by atoms with Gasteiger partial charge in [-0.15, -0.1) is 0 Å². The van der Waals surface area contributed by atoms with Crippen molar-refractivity contribution in [3.63, 3.8) is 0 Å². The molecule has 5 heteroatoms. The highest BCUT2D eigenvalue weighted by molar-refractivity contribution is 7.99. The van der Waals surface area contributed by atoms with E-state index in [0.717, 1.165) is 5.69 Å². The number of hydrogen-bond acceptors (Lipinski definition) is 4. The molecule has 106 valence electrons. The van der Waals surface area contributed by atoms with Crippen LogP contribution in [0.15, 0.2) is 30.3 Å². The molecule has 2 unspecified atom stereocenters. The van der Waals surface area contributed by atoms with E-state index in [0.29, 0.717) is 6.54 Å². The molecule has 0 aliphatic carbocycles. The number of carbonyl (C=O) groups excluding carboxylic acids is 1. The fourth-order valence-corrected chi connectivity index (χ4v) is 2.44. The van der Waals surface area contributed by atoms with E-state index in [1.165, 1.54) is 0 Å². The molecular formula is C14H22N2O2S. The van der Waals surface area contributed by atoms with Gasteiger partial charge in [-0.25, -0.2) is 0 Å². The Labute approximate surface area is 119 Å². The van der Waals surface area contributed by atoms with E-state index in [1.807, 2.05) is 55.5 Å². The monoisotopic (exact) mass is 282 g/mol. The predicted octanol–water partition coefficient (Wildman–Crippen LogP) is 1.35. The Bertz CT molecular complexity index is 382. The van der Waals surface area contributed by atoms with Crippen LogP contribution in [0.3, 0.4) is 0 Å². The molecule has 0 heterocycles. The van der Waals surface area contributed by atoms with Gasteiger partial charge in [-0.3, -0.25) is 4.79 Å². The molecule has 0 saturated heterocycles. The number of aliphatic hydroxyl groups excluding tert-OH is 1. The van der Waals surface area contributed by atoms with E-state index >= 15 is 0 Å². The summed E-state index contributed by atoms with van der Waals surface area (Å²) in [7, 11) is 1.89. The van der Waals surface area contributed by atoms with Gasteiger partial charge in [0, 0.05) is 24.0 Å². The number of nitrogens with zero attached hydrogens (tertiary/aromatic N) is 1. The second-order valence-electron chi connectivity index (χ2n) is 4.50. The van der Waals surface area contributed by atoms with Crippen LogP contribution in [0.4, 0.5) is 5.69 Å². The topological polar surface area (TPSA) is 52.6 Å². The smallest absolute Gasteiger partial charge is 0.239 e. The molecule has 0 aliphatic rings. The average molecular weight is 282 g/mol. The number of likely N-dealkylation sites (N-methyl/N-ethyl adjacent to an activating group) is 1. The van der Waals surface area contributed by atoms with E-state index < -0.39 is 0 Å². The number of carbonyl (C=O) groups is 1. The van der Waals surface area contributed by atoms with E-state index in [9.17, 15) is 9.90 Å². The summed E-state index contributed by atoms with van der Waals surface area (Å²) in [6.07, 6.45) is 1.93. The molecule has 0 bridgehead atoms. The molecule has 0 aromatic heterocycles. The van der Waals surface area contributed by atoms with Gasteiger partial charge in [-0.2, -0.15) is 11.8 Å². The number of aliphatic hydroxyl groups is 1. The first-order valence-electron chi connectivity index (χ1n) is 6.27. The minimum Gasteiger partial charge on any atom is -0.395 e. The number of hydrogen-bond donors (Lipinski definition) is 2. The third-order valence-corrected chi connectivity index (χ3v) is 4.17. The van der Waals surface area contributed by atoms with Gasteiger partial charge < -0.3 is 15.3 Å². The molecule has 1 aromatic rings. The zero-order valence-corrected chi connectivity index (χ0v) is 12.5. The Kier molecular flexibility index (Phi) is 6.73. The first-order valence-corrected chi connectivity index (χ1v) is 7.56. The molecule has 0 aliphatic heterocycles. The molecule has 1 amide bonds. The van der Waals surface area contributed by atoms with Gasteiger partial charge >= 0.3 is 0 Å². The van der Waals surface area contributed by atoms with Crippen LogP contribution in [0.25, 0.3) is 0 Å². The van der Waals surface area contributed by atoms with Crippen molar-refractivity contribution in [2.24, 2.45) is 0 Å². The average Bonchev–Trinajstić information content (AvgIpc) is 2.40. The largest absolute Gasteiger partial charge is 0.395 e. The number of benzene rings is 1. The molecule has 0 saturated carbocycles. The van der Waals surface area contributed by atoms with Gasteiger partial charge in [-0.05, 0) is 25.3 Å². The van der Waals surface area contributed by atoms with Crippen molar-refractivity contribution < 1.29 is 9.90 Å². The Morgan fingerprint density at radius 3 is 2.58 bits per heavy atom. The normalized spacial score (nSPS) is 13.7. The summed E-state index contributed by atoms with van der Waals surface area (Å²) in [4.78, 5) is 13.8. The summed E-state index contributed by atoms with van der Waals surface area (Å²) in [5.41, 5.74) is 1.01. The van der Waals surface area contributed by atoms with Crippen LogP contribution in [0.2, 0.25) is 0 Å². The van der Waals surface area contributed by atoms with Crippen molar-refractivity contribution in [1.82, 2.24) is 5.32 Å².